The molecule has 0 fully saturated rings. The van der Waals surface area contributed by atoms with E-state index < -0.39 is 12.1 Å². The van der Waals surface area contributed by atoms with Gasteiger partial charge in [-0.15, -0.1) is 12.3 Å². The molecule has 3 nitrogen and oxygen atoms in total. The summed E-state index contributed by atoms with van der Waals surface area (Å²) in [5.74, 6) is 0.453. The molecule has 0 radical (unpaired) electrons. The van der Waals surface area contributed by atoms with Gasteiger partial charge in [0.2, 0.25) is 0 Å². The number of rotatable bonds is 2. The van der Waals surface area contributed by atoms with Crippen molar-refractivity contribution in [3.05, 3.63) is 0 Å². The second-order valence-corrected chi connectivity index (χ2v) is 1.24. The molecule has 0 aromatic heterocycles. The molecule has 0 saturated heterocycles. The number of carbonyl (C=O) groups is 1. The maximum atomic E-state index is 9.63. The quantitative estimate of drug-likeness (QED) is 0.306. The minimum absolute atomic E-state index is 0. The average Bonchev–Trinajstić information content (AvgIpc) is 1.67. The third-order valence-electron chi connectivity index (χ3n) is 0.583. The molecule has 0 bridgehead atoms. The summed E-state index contributed by atoms with van der Waals surface area (Å²) < 4.78 is 0. The van der Waals surface area contributed by atoms with Crippen molar-refractivity contribution in [1.29, 1.82) is 0 Å². The number of carboxylic acids is 1. The van der Waals surface area contributed by atoms with E-state index in [4.69, 9.17) is 5.11 Å². The molecule has 0 aliphatic rings. The molecule has 0 rings (SSSR count). The maximum Gasteiger partial charge on any atom is 1.00 e. The van der Waals surface area contributed by atoms with Gasteiger partial charge in [-0.25, -0.2) is 0 Å². The first-order valence-corrected chi connectivity index (χ1v) is 2.01. The smallest absolute Gasteiger partial charge is 0.547 e. The van der Waals surface area contributed by atoms with Gasteiger partial charge in [0.15, 0.2) is 0 Å². The fourth-order valence-electron chi connectivity index (χ4n) is 0.195. The van der Waals surface area contributed by atoms with E-state index in [0.29, 0.717) is 0 Å². The van der Waals surface area contributed by atoms with E-state index in [1.807, 2.05) is 5.92 Å². The number of aliphatic carboxylic acids is 1. The monoisotopic (exact) mass is 136 g/mol. The standard InChI is InChI=1S/C5H6O3.Na/c1-2-3-4(6)5(7)8;/h1,4,6H,3H2,(H,7,8);/q;+1/p-1/t4-;/m0./s1. The van der Waals surface area contributed by atoms with Crippen LogP contribution in [-0.2, 0) is 4.79 Å². The Hall–Kier alpha value is -0.0100. The molecule has 0 saturated carbocycles. The molecule has 0 unspecified atom stereocenters. The number of aliphatic hydroxyl groups excluding tert-OH is 1. The second kappa shape index (κ2) is 6.12. The number of carbonyl (C=O) groups excluding carboxylic acids is 1. The van der Waals surface area contributed by atoms with Gasteiger partial charge in [-0.2, -0.15) is 0 Å². The molecular formula is C5H5NaO3. The predicted octanol–water partition coefficient (Wildman–Crippen LogP) is -4.88. The van der Waals surface area contributed by atoms with Crippen molar-refractivity contribution in [2.75, 3.05) is 0 Å². The van der Waals surface area contributed by atoms with E-state index >= 15 is 0 Å². The van der Waals surface area contributed by atoms with Crippen molar-refractivity contribution in [2.45, 2.75) is 12.5 Å². The van der Waals surface area contributed by atoms with Crippen LogP contribution in [0.15, 0.2) is 0 Å². The zero-order valence-electron chi connectivity index (χ0n) is 5.13. The van der Waals surface area contributed by atoms with E-state index in [1.165, 1.54) is 0 Å². The van der Waals surface area contributed by atoms with Crippen LogP contribution in [0.5, 0.6) is 0 Å². The molecule has 1 N–H and O–H groups in total. The summed E-state index contributed by atoms with van der Waals surface area (Å²) in [5, 5.41) is 18.0. The van der Waals surface area contributed by atoms with Crippen molar-refractivity contribution in [3.8, 4) is 12.3 Å². The van der Waals surface area contributed by atoms with Crippen molar-refractivity contribution in [3.63, 3.8) is 0 Å². The van der Waals surface area contributed by atoms with Crippen LogP contribution < -0.4 is 34.7 Å². The Balaban J connectivity index is 0. The maximum absolute atomic E-state index is 9.63. The zero-order valence-corrected chi connectivity index (χ0v) is 7.13. The molecule has 0 aliphatic carbocycles. The topological polar surface area (TPSA) is 60.4 Å². The van der Waals surface area contributed by atoms with Crippen LogP contribution in [0.1, 0.15) is 6.42 Å². The number of hydrogen-bond donors (Lipinski definition) is 1. The Bertz CT molecular complexity index is 127. The molecule has 0 heterocycles. The molecular weight excluding hydrogens is 131 g/mol. The molecule has 0 amide bonds. The molecule has 0 aromatic rings. The molecule has 0 spiro atoms. The van der Waals surface area contributed by atoms with Crippen molar-refractivity contribution < 1.29 is 44.6 Å². The van der Waals surface area contributed by atoms with E-state index in [2.05, 4.69) is 6.42 Å². The van der Waals surface area contributed by atoms with Crippen molar-refractivity contribution in [1.82, 2.24) is 0 Å². The van der Waals surface area contributed by atoms with E-state index in [-0.39, 0.29) is 36.0 Å². The van der Waals surface area contributed by atoms with Crippen LogP contribution in [0.25, 0.3) is 0 Å². The summed E-state index contributed by atoms with van der Waals surface area (Å²) >= 11 is 0. The van der Waals surface area contributed by atoms with Crippen molar-refractivity contribution in [2.24, 2.45) is 0 Å². The predicted molar refractivity (Wildman–Crippen MR) is 24.5 cm³/mol. The van der Waals surface area contributed by atoms with Gasteiger partial charge in [-0.3, -0.25) is 0 Å². The van der Waals surface area contributed by atoms with Gasteiger partial charge in [0.1, 0.15) is 6.10 Å². The number of terminal acetylenes is 1. The fraction of sp³-hybridized carbons (Fsp3) is 0.400. The summed E-state index contributed by atoms with van der Waals surface area (Å²) in [6.45, 7) is 0. The number of carboxylic acid groups (broad SMARTS) is 1. The molecule has 0 aliphatic heterocycles. The minimum atomic E-state index is -1.53. The Labute approximate surface area is 75.4 Å². The molecule has 9 heavy (non-hydrogen) atoms. The molecule has 44 valence electrons. The van der Waals surface area contributed by atoms with E-state index in [0.717, 1.165) is 0 Å². The fourth-order valence-corrected chi connectivity index (χ4v) is 0.195. The SMILES string of the molecule is C#CC[C@H](O)C(=O)[O-].[Na+]. The van der Waals surface area contributed by atoms with Gasteiger partial charge in [-0.05, 0) is 0 Å². The van der Waals surface area contributed by atoms with Gasteiger partial charge in [-0.1, -0.05) is 0 Å². The van der Waals surface area contributed by atoms with Crippen molar-refractivity contribution >= 4 is 5.97 Å². The first kappa shape index (κ1) is 11.7. The Kier molecular flexibility index (Phi) is 7.98. The molecule has 0 aromatic carbocycles. The summed E-state index contributed by atoms with van der Waals surface area (Å²) in [7, 11) is 0. The second-order valence-electron chi connectivity index (χ2n) is 1.24. The summed E-state index contributed by atoms with van der Waals surface area (Å²) in [5.41, 5.74) is 0. The Morgan fingerprint density at radius 1 is 1.89 bits per heavy atom. The van der Waals surface area contributed by atoms with Crippen LogP contribution in [0.4, 0.5) is 0 Å². The third-order valence-corrected chi connectivity index (χ3v) is 0.583. The molecule has 4 heteroatoms. The largest absolute Gasteiger partial charge is 1.00 e. The third kappa shape index (κ3) is 5.87. The van der Waals surface area contributed by atoms with Gasteiger partial charge in [0.05, 0.1) is 5.97 Å². The summed E-state index contributed by atoms with van der Waals surface area (Å²) in [6.07, 6.45) is 2.96. The first-order valence-electron chi connectivity index (χ1n) is 2.01. The van der Waals surface area contributed by atoms with Crippen LogP contribution >= 0.6 is 0 Å². The van der Waals surface area contributed by atoms with E-state index in [1.54, 1.807) is 0 Å². The number of hydrogen-bond acceptors (Lipinski definition) is 3. The Morgan fingerprint density at radius 2 is 2.33 bits per heavy atom. The first-order chi connectivity index (χ1) is 3.68. The van der Waals surface area contributed by atoms with Gasteiger partial charge in [0, 0.05) is 6.42 Å². The van der Waals surface area contributed by atoms with Gasteiger partial charge in [0.25, 0.3) is 0 Å². The summed E-state index contributed by atoms with van der Waals surface area (Å²) in [4.78, 5) is 9.63. The van der Waals surface area contributed by atoms with Crippen LogP contribution in [0.2, 0.25) is 0 Å². The summed E-state index contributed by atoms with van der Waals surface area (Å²) in [6, 6.07) is 0. The van der Waals surface area contributed by atoms with Crippen LogP contribution in [-0.4, -0.2) is 17.2 Å². The Morgan fingerprint density at radius 3 is 2.44 bits per heavy atom. The molecule has 1 atom stereocenters. The average molecular weight is 136 g/mol. The van der Waals surface area contributed by atoms with Gasteiger partial charge >= 0.3 is 29.6 Å². The van der Waals surface area contributed by atoms with Crippen LogP contribution in [0, 0.1) is 12.3 Å². The normalized spacial score (nSPS) is 10.7. The number of aliphatic hydroxyl groups is 1. The minimum Gasteiger partial charge on any atom is -0.547 e. The zero-order chi connectivity index (χ0) is 6.57. The van der Waals surface area contributed by atoms with Crippen LogP contribution in [0.3, 0.4) is 0 Å². The van der Waals surface area contributed by atoms with Gasteiger partial charge < -0.3 is 15.0 Å². The van der Waals surface area contributed by atoms with E-state index in [9.17, 15) is 9.90 Å².